The van der Waals surface area contributed by atoms with Crippen molar-refractivity contribution in [3.63, 3.8) is 0 Å². The SMILES string of the molecule is CC1(C)CC(=O)C2=C(C1)Nc1ccc3ncccc3c1C2c1cc(Br)c(Br)s1. The van der Waals surface area contributed by atoms with Gasteiger partial charge in [0.2, 0.25) is 0 Å². The molecule has 5 rings (SSSR count). The van der Waals surface area contributed by atoms with Crippen LogP contribution in [0.1, 0.15) is 43.0 Å². The van der Waals surface area contributed by atoms with Crippen molar-refractivity contribution in [2.45, 2.75) is 32.6 Å². The van der Waals surface area contributed by atoms with E-state index in [0.717, 1.165) is 48.1 Å². The number of benzene rings is 1. The maximum absolute atomic E-state index is 13.3. The van der Waals surface area contributed by atoms with Crippen molar-refractivity contribution < 1.29 is 4.79 Å². The fourth-order valence-electron chi connectivity index (χ4n) is 4.47. The summed E-state index contributed by atoms with van der Waals surface area (Å²) in [6.45, 7) is 4.34. The number of carbonyl (C=O) groups is 1. The maximum atomic E-state index is 13.3. The van der Waals surface area contributed by atoms with Gasteiger partial charge in [-0.25, -0.2) is 0 Å². The highest BCUT2D eigenvalue weighted by Crippen LogP contribution is 2.52. The molecule has 0 saturated heterocycles. The molecular weight excluding hydrogens is 500 g/mol. The zero-order valence-electron chi connectivity index (χ0n) is 15.5. The summed E-state index contributed by atoms with van der Waals surface area (Å²) in [4.78, 5) is 19.0. The predicted molar refractivity (Wildman–Crippen MR) is 122 cm³/mol. The number of hydrogen-bond donors (Lipinski definition) is 1. The Morgan fingerprint density at radius 1 is 1.21 bits per heavy atom. The molecule has 2 aromatic heterocycles. The number of rotatable bonds is 1. The molecular formula is C22H18Br2N2OS. The Hall–Kier alpha value is -1.50. The van der Waals surface area contributed by atoms with Crippen molar-refractivity contribution in [3.8, 4) is 0 Å². The molecule has 6 heteroatoms. The molecule has 0 amide bonds. The number of nitrogens with zero attached hydrogens (tertiary/aromatic N) is 1. The van der Waals surface area contributed by atoms with Gasteiger partial charge in [-0.3, -0.25) is 9.78 Å². The van der Waals surface area contributed by atoms with Gasteiger partial charge in [0.25, 0.3) is 0 Å². The molecule has 1 aliphatic heterocycles. The smallest absolute Gasteiger partial charge is 0.162 e. The van der Waals surface area contributed by atoms with Crippen molar-refractivity contribution in [2.24, 2.45) is 5.41 Å². The van der Waals surface area contributed by atoms with Crippen LogP contribution in [-0.4, -0.2) is 10.8 Å². The number of aromatic nitrogens is 1. The molecule has 2 aliphatic rings. The van der Waals surface area contributed by atoms with Crippen LogP contribution < -0.4 is 5.32 Å². The van der Waals surface area contributed by atoms with Gasteiger partial charge in [-0.2, -0.15) is 0 Å². The third-order valence-electron chi connectivity index (χ3n) is 5.56. The van der Waals surface area contributed by atoms with Crippen molar-refractivity contribution in [2.75, 3.05) is 5.32 Å². The van der Waals surface area contributed by atoms with Gasteiger partial charge in [0, 0.05) is 44.3 Å². The number of hydrogen-bond acceptors (Lipinski definition) is 4. The second-order valence-electron chi connectivity index (χ2n) is 8.26. The minimum atomic E-state index is -0.0738. The molecule has 1 aromatic carbocycles. The normalized spacial score (nSPS) is 20.7. The lowest BCUT2D eigenvalue weighted by atomic mass is 9.69. The third-order valence-corrected chi connectivity index (χ3v) is 8.88. The van der Waals surface area contributed by atoms with E-state index in [1.807, 2.05) is 12.3 Å². The molecule has 1 unspecified atom stereocenters. The first-order chi connectivity index (χ1) is 13.3. The van der Waals surface area contributed by atoms with E-state index in [1.165, 1.54) is 4.88 Å². The largest absolute Gasteiger partial charge is 0.358 e. The second kappa shape index (κ2) is 6.51. The fraction of sp³-hybridized carbons (Fsp3) is 0.273. The van der Waals surface area contributed by atoms with Crippen molar-refractivity contribution in [3.05, 3.63) is 66.5 Å². The lowest BCUT2D eigenvalue weighted by Gasteiger charge is -2.39. The summed E-state index contributed by atoms with van der Waals surface area (Å²) in [6, 6.07) is 10.4. The number of anilines is 1. The number of ketones is 1. The van der Waals surface area contributed by atoms with Crippen LogP contribution in [0.25, 0.3) is 10.9 Å². The number of Topliss-reactive ketones (excluding diaryl/α,β-unsaturated/α-hetero) is 1. The Morgan fingerprint density at radius 3 is 2.79 bits per heavy atom. The summed E-state index contributed by atoms with van der Waals surface area (Å²) in [7, 11) is 0. The van der Waals surface area contributed by atoms with Crippen LogP contribution >= 0.6 is 43.2 Å². The van der Waals surface area contributed by atoms with Gasteiger partial charge >= 0.3 is 0 Å². The van der Waals surface area contributed by atoms with Crippen LogP contribution in [-0.2, 0) is 4.79 Å². The molecule has 1 N–H and O–H groups in total. The molecule has 0 saturated carbocycles. The Morgan fingerprint density at radius 2 is 2.04 bits per heavy atom. The van der Waals surface area contributed by atoms with Crippen LogP contribution in [0.15, 0.2) is 56.1 Å². The second-order valence-corrected chi connectivity index (χ2v) is 11.5. The van der Waals surface area contributed by atoms with E-state index in [0.29, 0.717) is 6.42 Å². The number of pyridine rings is 1. The van der Waals surface area contributed by atoms with E-state index in [9.17, 15) is 4.79 Å². The summed E-state index contributed by atoms with van der Waals surface area (Å²) in [5.74, 6) is 0.172. The molecule has 142 valence electrons. The van der Waals surface area contributed by atoms with E-state index in [1.54, 1.807) is 11.3 Å². The Kier molecular flexibility index (Phi) is 4.30. The van der Waals surface area contributed by atoms with Gasteiger partial charge in [0.1, 0.15) is 0 Å². The molecule has 3 heterocycles. The lowest BCUT2D eigenvalue weighted by molar-refractivity contribution is -0.118. The summed E-state index contributed by atoms with van der Waals surface area (Å²) in [5, 5.41) is 4.71. The topological polar surface area (TPSA) is 42.0 Å². The quantitative estimate of drug-likeness (QED) is 0.377. The van der Waals surface area contributed by atoms with Gasteiger partial charge in [-0.15, -0.1) is 11.3 Å². The van der Waals surface area contributed by atoms with Crippen LogP contribution in [0.3, 0.4) is 0 Å². The Bertz CT molecular complexity index is 1160. The van der Waals surface area contributed by atoms with E-state index in [4.69, 9.17) is 0 Å². The Labute approximate surface area is 184 Å². The van der Waals surface area contributed by atoms with E-state index in [-0.39, 0.29) is 17.1 Å². The van der Waals surface area contributed by atoms with Gasteiger partial charge in [0.05, 0.1) is 15.2 Å². The zero-order valence-corrected chi connectivity index (χ0v) is 19.5. The standard InChI is InChI=1S/C22H18Br2N2OS/c1-22(2)9-15-19(16(27)10-22)20(17-8-12(23)21(24)28-17)18-11-4-3-7-25-13(11)5-6-14(18)26-15/h3-8,20,26H,9-10H2,1-2H3. The van der Waals surface area contributed by atoms with Crippen LogP contribution in [0.5, 0.6) is 0 Å². The first kappa shape index (κ1) is 18.5. The monoisotopic (exact) mass is 516 g/mol. The van der Waals surface area contributed by atoms with E-state index >= 15 is 0 Å². The first-order valence-corrected chi connectivity index (χ1v) is 11.6. The molecule has 0 radical (unpaired) electrons. The van der Waals surface area contributed by atoms with Gasteiger partial charge < -0.3 is 5.32 Å². The average molecular weight is 518 g/mol. The van der Waals surface area contributed by atoms with Crippen molar-refractivity contribution >= 4 is 65.6 Å². The minimum absolute atomic E-state index is 0.0278. The minimum Gasteiger partial charge on any atom is -0.358 e. The molecule has 0 spiro atoms. The highest BCUT2D eigenvalue weighted by Gasteiger charge is 2.41. The average Bonchev–Trinajstić information content (AvgIpc) is 2.97. The van der Waals surface area contributed by atoms with Gasteiger partial charge in [-0.05, 0) is 73.5 Å². The first-order valence-electron chi connectivity index (χ1n) is 9.20. The number of halogens is 2. The van der Waals surface area contributed by atoms with E-state index in [2.05, 4.69) is 80.3 Å². The number of allylic oxidation sites excluding steroid dienone is 2. The van der Waals surface area contributed by atoms with Crippen LogP contribution in [0.2, 0.25) is 0 Å². The molecule has 0 bridgehead atoms. The predicted octanol–water partition coefficient (Wildman–Crippen LogP) is 7.02. The summed E-state index contributed by atoms with van der Waals surface area (Å²) in [6.07, 6.45) is 3.27. The number of carbonyl (C=O) groups excluding carboxylic acids is 1. The van der Waals surface area contributed by atoms with Gasteiger partial charge in [0.15, 0.2) is 5.78 Å². The van der Waals surface area contributed by atoms with Crippen LogP contribution in [0, 0.1) is 5.41 Å². The Balaban J connectivity index is 1.82. The summed E-state index contributed by atoms with van der Waals surface area (Å²) in [5.41, 5.74) is 5.15. The highest BCUT2D eigenvalue weighted by atomic mass is 79.9. The number of fused-ring (bicyclic) bond motifs is 3. The molecule has 28 heavy (non-hydrogen) atoms. The maximum Gasteiger partial charge on any atom is 0.162 e. The van der Waals surface area contributed by atoms with Crippen molar-refractivity contribution in [1.82, 2.24) is 4.98 Å². The summed E-state index contributed by atoms with van der Waals surface area (Å²) >= 11 is 8.95. The van der Waals surface area contributed by atoms with Crippen LogP contribution in [0.4, 0.5) is 5.69 Å². The van der Waals surface area contributed by atoms with Crippen molar-refractivity contribution in [1.29, 1.82) is 0 Å². The molecule has 3 nitrogen and oxygen atoms in total. The summed E-state index contributed by atoms with van der Waals surface area (Å²) < 4.78 is 2.07. The molecule has 0 fully saturated rings. The third kappa shape index (κ3) is 2.88. The number of nitrogens with one attached hydrogen (secondary N) is 1. The van der Waals surface area contributed by atoms with E-state index < -0.39 is 0 Å². The lowest BCUT2D eigenvalue weighted by Crippen LogP contribution is -2.33. The fourth-order valence-corrected chi connectivity index (χ4v) is 6.68. The number of thiophene rings is 1. The molecule has 3 aromatic rings. The molecule has 1 atom stereocenters. The molecule has 1 aliphatic carbocycles. The van der Waals surface area contributed by atoms with Gasteiger partial charge in [-0.1, -0.05) is 19.9 Å². The zero-order chi connectivity index (χ0) is 19.6. The highest BCUT2D eigenvalue weighted by molar-refractivity contribution is 9.13.